The SMILES string of the molecule is COc1ccc2c3c1O[C@H]1C4(OC)[C@@H]5CC6(C[C@@H]4C5Sc4nc5ccccc5s4)[C@@H](C2)N(CC2CC2)CC[C@]316. The molecule has 3 aromatic rings. The van der Waals surface area contributed by atoms with Crippen LogP contribution >= 0.6 is 23.1 Å². The van der Waals surface area contributed by atoms with Crippen molar-refractivity contribution in [3.63, 3.8) is 0 Å². The highest BCUT2D eigenvalue weighted by Crippen LogP contribution is 2.83. The number of nitrogens with zero attached hydrogens (tertiary/aromatic N) is 2. The van der Waals surface area contributed by atoms with Gasteiger partial charge >= 0.3 is 0 Å². The molecule has 5 nitrogen and oxygen atoms in total. The van der Waals surface area contributed by atoms with E-state index < -0.39 is 0 Å². The van der Waals surface area contributed by atoms with Crippen LogP contribution in [-0.2, 0) is 16.6 Å². The number of likely N-dealkylation sites (tertiary alicyclic amines) is 1. The van der Waals surface area contributed by atoms with Gasteiger partial charge in [-0.05, 0) is 74.8 Å². The van der Waals surface area contributed by atoms with Gasteiger partial charge in [-0.1, -0.05) is 30.0 Å². The summed E-state index contributed by atoms with van der Waals surface area (Å²) < 4.78 is 22.4. The van der Waals surface area contributed by atoms with Crippen LogP contribution in [0.4, 0.5) is 0 Å². The zero-order valence-corrected chi connectivity index (χ0v) is 24.2. The number of ether oxygens (including phenoxy) is 3. The lowest BCUT2D eigenvalue weighted by Gasteiger charge is -2.81. The summed E-state index contributed by atoms with van der Waals surface area (Å²) in [6, 6.07) is 13.7. The van der Waals surface area contributed by atoms with Gasteiger partial charge in [0.05, 0.1) is 17.3 Å². The Hall–Kier alpha value is -1.80. The third kappa shape index (κ3) is 2.46. The summed E-state index contributed by atoms with van der Waals surface area (Å²) in [4.78, 5) is 7.97. The Morgan fingerprint density at radius 2 is 1.97 bits per heavy atom. The number of fused-ring (bicyclic) bond motifs is 1. The van der Waals surface area contributed by atoms with Crippen LogP contribution in [0.15, 0.2) is 40.7 Å². The van der Waals surface area contributed by atoms with Gasteiger partial charge in [0.2, 0.25) is 0 Å². The Morgan fingerprint density at radius 1 is 1.13 bits per heavy atom. The van der Waals surface area contributed by atoms with E-state index in [9.17, 15) is 0 Å². The molecule has 6 saturated carbocycles. The van der Waals surface area contributed by atoms with Crippen molar-refractivity contribution >= 4 is 33.3 Å². The van der Waals surface area contributed by atoms with Gasteiger partial charge in [0, 0.05) is 53.2 Å². The standard InChI is InChI=1S/C32H34N2O3S2/c1-35-22-10-9-18-13-24-30-14-19-27(39-29-33-21-5-3-4-6-23(21)38-29)20(15-30)32(19,36-2)28-31(30,25(18)26(22)37-28)11-12-34(24)16-17-7-8-17/h3-6,9-10,17,19-20,24,27-28H,7-8,11-16H2,1-2H3/t19-,20-,24-,27?,28-,30?,31+,32?/m1/s1. The maximum absolute atomic E-state index is 7.21. The fourth-order valence-corrected chi connectivity index (χ4v) is 13.7. The van der Waals surface area contributed by atoms with E-state index in [1.54, 1.807) is 7.11 Å². The molecule has 0 unspecified atom stereocenters. The number of para-hydroxylation sites is 1. The van der Waals surface area contributed by atoms with Crippen molar-refractivity contribution in [2.24, 2.45) is 23.2 Å². The molecule has 5 atom stereocenters. The average molecular weight is 559 g/mol. The number of thioether (sulfide) groups is 1. The molecule has 9 aliphatic rings. The Morgan fingerprint density at radius 3 is 2.74 bits per heavy atom. The molecule has 7 fully saturated rings. The molecule has 0 amide bonds. The highest BCUT2D eigenvalue weighted by molar-refractivity contribution is 8.01. The predicted octanol–water partition coefficient (Wildman–Crippen LogP) is 5.93. The fourth-order valence-electron chi connectivity index (χ4n) is 10.9. The van der Waals surface area contributed by atoms with Crippen LogP contribution in [0.1, 0.15) is 43.2 Å². The van der Waals surface area contributed by atoms with E-state index in [4.69, 9.17) is 19.2 Å². The van der Waals surface area contributed by atoms with E-state index in [2.05, 4.69) is 41.3 Å². The smallest absolute Gasteiger partial charge is 0.165 e. The minimum atomic E-state index is -0.224. The predicted molar refractivity (Wildman–Crippen MR) is 153 cm³/mol. The Labute approximate surface area is 237 Å². The van der Waals surface area contributed by atoms with Crippen molar-refractivity contribution in [1.82, 2.24) is 9.88 Å². The molecule has 1 saturated heterocycles. The maximum Gasteiger partial charge on any atom is 0.165 e. The van der Waals surface area contributed by atoms with Gasteiger partial charge in [0.1, 0.15) is 11.7 Å². The molecular weight excluding hydrogens is 524 g/mol. The van der Waals surface area contributed by atoms with Crippen molar-refractivity contribution in [3.8, 4) is 11.5 Å². The van der Waals surface area contributed by atoms with Gasteiger partial charge in [-0.25, -0.2) is 4.98 Å². The molecule has 2 aromatic carbocycles. The van der Waals surface area contributed by atoms with Crippen molar-refractivity contribution in [2.75, 3.05) is 27.3 Å². The Balaban J connectivity index is 1.12. The summed E-state index contributed by atoms with van der Waals surface area (Å²) in [5.74, 6) is 3.84. The van der Waals surface area contributed by atoms with Crippen LogP contribution in [0.25, 0.3) is 10.2 Å². The molecule has 3 heterocycles. The molecule has 0 radical (unpaired) electrons. The second kappa shape index (κ2) is 7.33. The van der Waals surface area contributed by atoms with Crippen LogP contribution < -0.4 is 9.47 Å². The number of thiazole rings is 1. The van der Waals surface area contributed by atoms with Crippen molar-refractivity contribution in [3.05, 3.63) is 47.5 Å². The van der Waals surface area contributed by atoms with E-state index in [1.807, 2.05) is 30.2 Å². The molecule has 6 bridgehead atoms. The first-order valence-corrected chi connectivity index (χ1v) is 16.5. The van der Waals surface area contributed by atoms with E-state index in [1.165, 1.54) is 65.4 Å². The molecule has 12 rings (SSSR count). The summed E-state index contributed by atoms with van der Waals surface area (Å²) >= 11 is 3.89. The summed E-state index contributed by atoms with van der Waals surface area (Å²) in [6.45, 7) is 2.48. The zero-order valence-electron chi connectivity index (χ0n) is 22.5. The lowest BCUT2D eigenvalue weighted by Crippen LogP contribution is -2.89. The number of benzene rings is 2. The number of piperidine rings is 1. The van der Waals surface area contributed by atoms with Gasteiger partial charge in [-0.3, -0.25) is 4.90 Å². The van der Waals surface area contributed by atoms with E-state index in [0.29, 0.717) is 23.1 Å². The number of hydrogen-bond acceptors (Lipinski definition) is 7. The Kier molecular flexibility index (Phi) is 4.30. The summed E-state index contributed by atoms with van der Waals surface area (Å²) in [6.07, 6.45) is 7.77. The van der Waals surface area contributed by atoms with Gasteiger partial charge in [0.25, 0.3) is 0 Å². The number of methoxy groups -OCH3 is 2. The quantitative estimate of drug-likeness (QED) is 0.374. The van der Waals surface area contributed by atoms with Crippen molar-refractivity contribution in [2.45, 2.75) is 71.3 Å². The van der Waals surface area contributed by atoms with Gasteiger partial charge in [-0.15, -0.1) is 11.3 Å². The highest BCUT2D eigenvalue weighted by atomic mass is 32.2. The van der Waals surface area contributed by atoms with Gasteiger partial charge < -0.3 is 14.2 Å². The fraction of sp³-hybridized carbons (Fsp3) is 0.594. The van der Waals surface area contributed by atoms with E-state index in [-0.39, 0.29) is 22.5 Å². The Bertz CT molecular complexity index is 1500. The third-order valence-corrected chi connectivity index (χ3v) is 14.9. The topological polar surface area (TPSA) is 43.8 Å². The van der Waals surface area contributed by atoms with Gasteiger partial charge in [0.15, 0.2) is 15.8 Å². The minimum Gasteiger partial charge on any atom is -0.493 e. The summed E-state index contributed by atoms with van der Waals surface area (Å²) in [5.41, 5.74) is 4.22. The number of rotatable bonds is 6. The normalized spacial score (nSPS) is 42.3. The van der Waals surface area contributed by atoms with Crippen molar-refractivity contribution in [1.29, 1.82) is 0 Å². The molecule has 7 heteroatoms. The first-order chi connectivity index (χ1) is 19.1. The maximum atomic E-state index is 7.21. The molecule has 2 aliphatic heterocycles. The monoisotopic (exact) mass is 558 g/mol. The second-order valence-electron chi connectivity index (χ2n) is 13.4. The second-order valence-corrected chi connectivity index (χ2v) is 15.8. The van der Waals surface area contributed by atoms with Crippen LogP contribution in [0.3, 0.4) is 0 Å². The molecule has 2 spiro atoms. The van der Waals surface area contributed by atoms with E-state index >= 15 is 0 Å². The lowest BCUT2D eigenvalue weighted by atomic mass is 9.28. The number of aromatic nitrogens is 1. The third-order valence-electron chi connectivity index (χ3n) is 12.3. The van der Waals surface area contributed by atoms with Crippen LogP contribution in [0.5, 0.6) is 11.5 Å². The largest absolute Gasteiger partial charge is 0.493 e. The first-order valence-electron chi connectivity index (χ1n) is 14.8. The van der Waals surface area contributed by atoms with Crippen LogP contribution in [0.2, 0.25) is 0 Å². The first kappa shape index (κ1) is 22.8. The van der Waals surface area contributed by atoms with Crippen LogP contribution in [0, 0.1) is 23.2 Å². The number of hydrogen-bond donors (Lipinski definition) is 0. The van der Waals surface area contributed by atoms with E-state index in [0.717, 1.165) is 29.4 Å². The minimum absolute atomic E-state index is 0.0453. The highest BCUT2D eigenvalue weighted by Gasteiger charge is 2.88. The molecule has 202 valence electrons. The van der Waals surface area contributed by atoms with Crippen molar-refractivity contribution < 1.29 is 14.2 Å². The molecule has 0 N–H and O–H groups in total. The molecule has 39 heavy (non-hydrogen) atoms. The van der Waals surface area contributed by atoms with Crippen LogP contribution in [-0.4, -0.2) is 60.2 Å². The zero-order chi connectivity index (χ0) is 25.7. The molecule has 7 aliphatic carbocycles. The summed E-state index contributed by atoms with van der Waals surface area (Å²) in [7, 11) is 3.77. The molecular formula is C32H34N2O3S2. The molecule has 1 aromatic heterocycles. The summed E-state index contributed by atoms with van der Waals surface area (Å²) in [5, 5.41) is 0.543. The lowest BCUT2D eigenvalue weighted by molar-refractivity contribution is -0.345. The van der Waals surface area contributed by atoms with Gasteiger partial charge in [-0.2, -0.15) is 0 Å². The average Bonchev–Trinajstić information content (AvgIpc) is 3.56.